The average Bonchev–Trinajstić information content (AvgIpc) is 2.87. The van der Waals surface area contributed by atoms with Crippen molar-refractivity contribution in [3.63, 3.8) is 0 Å². The van der Waals surface area contributed by atoms with Crippen LogP contribution in [-0.2, 0) is 4.79 Å². The summed E-state index contributed by atoms with van der Waals surface area (Å²) in [6, 6.07) is -0.338. The summed E-state index contributed by atoms with van der Waals surface area (Å²) in [5.41, 5.74) is 0. The molecule has 0 heterocycles. The number of nitrogens with one attached hydrogen (secondary N) is 2. The summed E-state index contributed by atoms with van der Waals surface area (Å²) in [5.74, 6) is 0.0987. The van der Waals surface area contributed by atoms with E-state index in [0.29, 0.717) is 0 Å². The van der Waals surface area contributed by atoms with Gasteiger partial charge in [-0.3, -0.25) is 10.1 Å². The van der Waals surface area contributed by atoms with E-state index in [0.717, 1.165) is 12.3 Å². The first kappa shape index (κ1) is 11.3. The molecule has 4 nitrogen and oxygen atoms in total. The van der Waals surface area contributed by atoms with Gasteiger partial charge < -0.3 is 5.32 Å². The van der Waals surface area contributed by atoms with E-state index in [1.165, 1.54) is 12.8 Å². The lowest BCUT2D eigenvalue weighted by molar-refractivity contribution is -0.117. The molecule has 1 rings (SSSR count). The predicted molar refractivity (Wildman–Crippen MR) is 54.2 cm³/mol. The molecule has 1 aliphatic carbocycles. The topological polar surface area (TPSA) is 58.2 Å². The number of rotatable bonds is 4. The van der Waals surface area contributed by atoms with Crippen LogP contribution in [0.3, 0.4) is 0 Å². The minimum absolute atomic E-state index is 0.116. The molecule has 3 amide bonds. The lowest BCUT2D eigenvalue weighted by Gasteiger charge is -2.12. The molecule has 1 atom stereocenters. The molecule has 1 saturated carbocycles. The van der Waals surface area contributed by atoms with E-state index in [-0.39, 0.29) is 11.9 Å². The highest BCUT2D eigenvalue weighted by Crippen LogP contribution is 2.33. The summed E-state index contributed by atoms with van der Waals surface area (Å²) in [4.78, 5) is 21.9. The van der Waals surface area contributed by atoms with Crippen LogP contribution in [-0.4, -0.2) is 23.9 Å². The smallest absolute Gasteiger partial charge is 0.321 e. The lowest BCUT2D eigenvalue weighted by Crippen LogP contribution is -2.44. The fraction of sp³-hybridized carbons (Fsp3) is 0.778. The Morgan fingerprint density at radius 3 is 2.64 bits per heavy atom. The standard InChI is InChI=1S/C9H15ClN2O2/c1-6(4-7-2-3-7)11-9(14)12-8(13)5-10/h6-7H,2-5H2,1H3,(H2,11,12,13,14). The Bertz CT molecular complexity index is 229. The van der Waals surface area contributed by atoms with Crippen molar-refractivity contribution in [1.82, 2.24) is 10.6 Å². The van der Waals surface area contributed by atoms with Crippen molar-refractivity contribution in [2.24, 2.45) is 5.92 Å². The monoisotopic (exact) mass is 218 g/mol. The Morgan fingerprint density at radius 2 is 2.14 bits per heavy atom. The van der Waals surface area contributed by atoms with E-state index in [1.807, 2.05) is 6.92 Å². The zero-order valence-corrected chi connectivity index (χ0v) is 8.93. The van der Waals surface area contributed by atoms with Gasteiger partial charge in [-0.05, 0) is 19.3 Å². The number of urea groups is 1. The summed E-state index contributed by atoms with van der Waals surface area (Å²) >= 11 is 5.23. The van der Waals surface area contributed by atoms with Gasteiger partial charge in [-0.1, -0.05) is 12.8 Å². The van der Waals surface area contributed by atoms with Gasteiger partial charge in [0.1, 0.15) is 5.88 Å². The number of alkyl halides is 1. The first-order valence-electron chi connectivity index (χ1n) is 4.78. The van der Waals surface area contributed by atoms with Crippen LogP contribution in [0.5, 0.6) is 0 Å². The fourth-order valence-corrected chi connectivity index (χ4v) is 1.40. The minimum Gasteiger partial charge on any atom is -0.335 e. The largest absolute Gasteiger partial charge is 0.335 e. The Hall–Kier alpha value is -0.770. The van der Waals surface area contributed by atoms with Gasteiger partial charge in [0.2, 0.25) is 5.91 Å². The molecule has 80 valence electrons. The summed E-state index contributed by atoms with van der Waals surface area (Å²) in [5, 5.41) is 4.82. The van der Waals surface area contributed by atoms with Crippen LogP contribution in [0.4, 0.5) is 4.79 Å². The van der Waals surface area contributed by atoms with Crippen LogP contribution >= 0.6 is 11.6 Å². The highest BCUT2D eigenvalue weighted by Gasteiger charge is 2.24. The number of carbonyl (C=O) groups excluding carboxylic acids is 2. The number of amides is 3. The van der Waals surface area contributed by atoms with Crippen molar-refractivity contribution >= 4 is 23.5 Å². The van der Waals surface area contributed by atoms with Crippen molar-refractivity contribution in [1.29, 1.82) is 0 Å². The Morgan fingerprint density at radius 1 is 1.50 bits per heavy atom. The van der Waals surface area contributed by atoms with Gasteiger partial charge in [0.25, 0.3) is 0 Å². The molecule has 0 aromatic carbocycles. The first-order valence-corrected chi connectivity index (χ1v) is 5.31. The number of hydrogen-bond acceptors (Lipinski definition) is 2. The van der Waals surface area contributed by atoms with Crippen LogP contribution in [0.25, 0.3) is 0 Å². The quantitative estimate of drug-likeness (QED) is 0.698. The van der Waals surface area contributed by atoms with E-state index in [1.54, 1.807) is 0 Å². The minimum atomic E-state index is -0.470. The maximum Gasteiger partial charge on any atom is 0.321 e. The maximum absolute atomic E-state index is 11.1. The van der Waals surface area contributed by atoms with Crippen LogP contribution in [0.2, 0.25) is 0 Å². The maximum atomic E-state index is 11.1. The van der Waals surface area contributed by atoms with E-state index in [2.05, 4.69) is 10.6 Å². The van der Waals surface area contributed by atoms with E-state index < -0.39 is 11.9 Å². The van der Waals surface area contributed by atoms with Gasteiger partial charge in [-0.2, -0.15) is 0 Å². The molecule has 1 fully saturated rings. The summed E-state index contributed by atoms with van der Waals surface area (Å²) in [6.45, 7) is 1.93. The summed E-state index contributed by atoms with van der Waals surface area (Å²) < 4.78 is 0. The van der Waals surface area contributed by atoms with Gasteiger partial charge in [0, 0.05) is 6.04 Å². The number of hydrogen-bond donors (Lipinski definition) is 2. The Labute approximate surface area is 88.4 Å². The third-order valence-electron chi connectivity index (χ3n) is 2.14. The van der Waals surface area contributed by atoms with Gasteiger partial charge in [0.05, 0.1) is 0 Å². The van der Waals surface area contributed by atoms with Crippen molar-refractivity contribution in [3.8, 4) is 0 Å². The fourth-order valence-electron chi connectivity index (χ4n) is 1.33. The molecule has 1 aliphatic rings. The zero-order chi connectivity index (χ0) is 10.6. The molecule has 0 spiro atoms. The third-order valence-corrected chi connectivity index (χ3v) is 2.38. The van der Waals surface area contributed by atoms with Crippen molar-refractivity contribution in [2.75, 3.05) is 5.88 Å². The van der Waals surface area contributed by atoms with Gasteiger partial charge in [0.15, 0.2) is 0 Å². The molecule has 0 radical (unpaired) electrons. The van der Waals surface area contributed by atoms with E-state index in [9.17, 15) is 9.59 Å². The second-order valence-corrected chi connectivity index (χ2v) is 4.00. The Balaban J connectivity index is 2.14. The van der Waals surface area contributed by atoms with Crippen LogP contribution in [0.15, 0.2) is 0 Å². The highest BCUT2D eigenvalue weighted by molar-refractivity contribution is 6.28. The van der Waals surface area contributed by atoms with Crippen molar-refractivity contribution < 1.29 is 9.59 Å². The normalized spacial score (nSPS) is 17.3. The molecule has 0 bridgehead atoms. The van der Waals surface area contributed by atoms with Crippen LogP contribution in [0.1, 0.15) is 26.2 Å². The Kier molecular flexibility index (Phi) is 4.20. The number of halogens is 1. The van der Waals surface area contributed by atoms with Crippen LogP contribution in [0, 0.1) is 5.92 Å². The van der Waals surface area contributed by atoms with E-state index >= 15 is 0 Å². The highest BCUT2D eigenvalue weighted by atomic mass is 35.5. The molecular formula is C9H15ClN2O2. The number of carbonyl (C=O) groups is 2. The zero-order valence-electron chi connectivity index (χ0n) is 8.18. The van der Waals surface area contributed by atoms with Crippen molar-refractivity contribution in [2.45, 2.75) is 32.2 Å². The third kappa shape index (κ3) is 4.46. The van der Waals surface area contributed by atoms with Crippen LogP contribution < -0.4 is 10.6 Å². The predicted octanol–water partition coefficient (Wildman–Crippen LogP) is 1.24. The molecule has 5 heteroatoms. The number of imide groups is 1. The molecule has 14 heavy (non-hydrogen) atoms. The van der Waals surface area contributed by atoms with Gasteiger partial charge in [-0.15, -0.1) is 11.6 Å². The van der Waals surface area contributed by atoms with E-state index in [4.69, 9.17) is 11.6 Å². The molecule has 0 aromatic rings. The summed E-state index contributed by atoms with van der Waals surface area (Å²) in [6.07, 6.45) is 3.50. The molecule has 2 N–H and O–H groups in total. The molecule has 0 aliphatic heterocycles. The first-order chi connectivity index (χ1) is 6.61. The molecule has 1 unspecified atom stereocenters. The second kappa shape index (κ2) is 5.20. The molecular weight excluding hydrogens is 204 g/mol. The van der Waals surface area contributed by atoms with Gasteiger partial charge in [-0.25, -0.2) is 4.79 Å². The van der Waals surface area contributed by atoms with Crippen molar-refractivity contribution in [3.05, 3.63) is 0 Å². The molecule has 0 aromatic heterocycles. The molecule has 0 saturated heterocycles. The second-order valence-electron chi connectivity index (χ2n) is 3.74. The SMILES string of the molecule is CC(CC1CC1)NC(=O)NC(=O)CCl. The van der Waals surface area contributed by atoms with Gasteiger partial charge >= 0.3 is 6.03 Å². The lowest BCUT2D eigenvalue weighted by atomic mass is 10.2. The summed E-state index contributed by atoms with van der Waals surface area (Å²) in [7, 11) is 0. The average molecular weight is 219 g/mol.